The zero-order valence-electron chi connectivity index (χ0n) is 6.12. The van der Waals surface area contributed by atoms with Gasteiger partial charge in [0.15, 0.2) is 0 Å². The van der Waals surface area contributed by atoms with E-state index in [2.05, 4.69) is 20.9 Å². The second-order valence-electron chi connectivity index (χ2n) is 2.12. The van der Waals surface area contributed by atoms with Crippen molar-refractivity contribution in [2.45, 2.75) is 0 Å². The number of pyridine rings is 1. The molecule has 0 spiro atoms. The third-order valence-corrected chi connectivity index (χ3v) is 2.10. The first kappa shape index (κ1) is 10.1. The van der Waals surface area contributed by atoms with Gasteiger partial charge in [-0.3, -0.25) is 4.79 Å². The van der Waals surface area contributed by atoms with E-state index in [0.717, 1.165) is 0 Å². The van der Waals surface area contributed by atoms with Crippen LogP contribution in [0, 0.1) is 0 Å². The predicted molar refractivity (Wildman–Crippen MR) is 48.9 cm³/mol. The summed E-state index contributed by atoms with van der Waals surface area (Å²) in [7, 11) is 0. The number of rotatable bonds is 2. The smallest absolute Gasteiger partial charge is 0.377 e. The van der Waals surface area contributed by atoms with Crippen molar-refractivity contribution in [3.05, 3.63) is 27.5 Å². The number of carboxylic acids is 1. The molecular weight excluding hydrogens is 261 g/mol. The number of carboxylic acid groups (broad SMARTS) is 1. The molecule has 0 saturated carbocycles. The fraction of sp³-hybridized carbons (Fsp3) is 0. The van der Waals surface area contributed by atoms with Crippen LogP contribution in [0.3, 0.4) is 0 Å². The van der Waals surface area contributed by atoms with Crippen LogP contribution in [0.2, 0.25) is 5.15 Å². The number of aromatic nitrogens is 1. The zero-order chi connectivity index (χ0) is 10.0. The van der Waals surface area contributed by atoms with Gasteiger partial charge in [0.05, 0.1) is 0 Å². The number of hydrogen-bond donors (Lipinski definition) is 1. The van der Waals surface area contributed by atoms with Gasteiger partial charge in [-0.25, -0.2) is 9.78 Å². The van der Waals surface area contributed by atoms with Crippen molar-refractivity contribution in [2.75, 3.05) is 0 Å². The Bertz CT molecular complexity index is 380. The highest BCUT2D eigenvalue weighted by Gasteiger charge is 2.18. The Balaban J connectivity index is 3.21. The molecule has 0 bridgehead atoms. The molecule has 1 heterocycles. The van der Waals surface area contributed by atoms with Crippen LogP contribution >= 0.6 is 27.5 Å². The topological polar surface area (TPSA) is 67.3 Å². The molecule has 1 N–H and O–H groups in total. The molecule has 0 aliphatic heterocycles. The summed E-state index contributed by atoms with van der Waals surface area (Å²) >= 11 is 8.48. The van der Waals surface area contributed by atoms with Gasteiger partial charge in [-0.15, -0.1) is 0 Å². The maximum absolute atomic E-state index is 11.0. The van der Waals surface area contributed by atoms with Crippen molar-refractivity contribution in [3.8, 4) is 0 Å². The van der Waals surface area contributed by atoms with E-state index in [4.69, 9.17) is 16.7 Å². The van der Waals surface area contributed by atoms with Crippen molar-refractivity contribution < 1.29 is 14.7 Å². The van der Waals surface area contributed by atoms with Gasteiger partial charge in [-0.05, 0) is 22.0 Å². The maximum Gasteiger partial charge on any atom is 0.377 e. The summed E-state index contributed by atoms with van der Waals surface area (Å²) in [6.07, 6.45) is 1.28. The summed E-state index contributed by atoms with van der Waals surface area (Å²) in [6.45, 7) is 0. The quantitative estimate of drug-likeness (QED) is 0.502. The molecule has 0 aliphatic rings. The normalized spacial score (nSPS) is 9.69. The number of ketones is 1. The lowest BCUT2D eigenvalue weighted by Crippen LogP contribution is -2.13. The van der Waals surface area contributed by atoms with E-state index in [0.29, 0.717) is 4.47 Å². The second-order valence-corrected chi connectivity index (χ2v) is 3.36. The van der Waals surface area contributed by atoms with E-state index >= 15 is 0 Å². The van der Waals surface area contributed by atoms with E-state index in [-0.39, 0.29) is 10.7 Å². The van der Waals surface area contributed by atoms with Gasteiger partial charge >= 0.3 is 5.97 Å². The van der Waals surface area contributed by atoms with Crippen LogP contribution in [0.1, 0.15) is 10.4 Å². The second kappa shape index (κ2) is 3.85. The van der Waals surface area contributed by atoms with Crippen LogP contribution < -0.4 is 0 Å². The molecule has 4 nitrogen and oxygen atoms in total. The Kier molecular flexibility index (Phi) is 3.00. The number of Topliss-reactive ketones (excluding diaryl/α,β-unsaturated/α-hetero) is 1. The number of carbonyl (C=O) groups excluding carboxylic acids is 1. The molecule has 68 valence electrons. The molecule has 0 amide bonds. The van der Waals surface area contributed by atoms with Gasteiger partial charge in [0.1, 0.15) is 5.15 Å². The van der Waals surface area contributed by atoms with Gasteiger partial charge in [0.2, 0.25) is 0 Å². The van der Waals surface area contributed by atoms with Gasteiger partial charge in [0.25, 0.3) is 5.78 Å². The minimum atomic E-state index is -1.53. The molecule has 6 heteroatoms. The highest BCUT2D eigenvalue weighted by Crippen LogP contribution is 2.19. The molecule has 0 unspecified atom stereocenters. The van der Waals surface area contributed by atoms with Crippen LogP contribution in [-0.4, -0.2) is 21.8 Å². The van der Waals surface area contributed by atoms with E-state index in [1.54, 1.807) is 0 Å². The van der Waals surface area contributed by atoms with Crippen molar-refractivity contribution >= 4 is 39.3 Å². The third kappa shape index (κ3) is 2.26. The van der Waals surface area contributed by atoms with E-state index in [1.165, 1.54) is 12.3 Å². The Labute approximate surface area is 86.7 Å². The van der Waals surface area contributed by atoms with Gasteiger partial charge in [-0.1, -0.05) is 11.6 Å². The predicted octanol–water partition coefficient (Wildman–Crippen LogP) is 1.76. The van der Waals surface area contributed by atoms with Crippen molar-refractivity contribution in [2.24, 2.45) is 0 Å². The fourth-order valence-electron chi connectivity index (χ4n) is 0.702. The van der Waals surface area contributed by atoms with Gasteiger partial charge in [-0.2, -0.15) is 0 Å². The maximum atomic E-state index is 11.0. The summed E-state index contributed by atoms with van der Waals surface area (Å²) in [5.74, 6) is -2.54. The van der Waals surface area contributed by atoms with Gasteiger partial charge in [0, 0.05) is 16.2 Å². The van der Waals surface area contributed by atoms with Crippen LogP contribution in [0.4, 0.5) is 0 Å². The minimum Gasteiger partial charge on any atom is -0.475 e. The molecule has 0 fully saturated rings. The molecule has 0 aliphatic carbocycles. The van der Waals surface area contributed by atoms with Crippen LogP contribution in [0.25, 0.3) is 0 Å². The molecule has 1 aromatic rings. The molecule has 1 aromatic heterocycles. The van der Waals surface area contributed by atoms with Crippen LogP contribution in [0.15, 0.2) is 16.7 Å². The zero-order valence-corrected chi connectivity index (χ0v) is 8.46. The van der Waals surface area contributed by atoms with Crippen LogP contribution in [-0.2, 0) is 4.79 Å². The number of halogens is 2. The lowest BCUT2D eigenvalue weighted by Gasteiger charge is -1.98. The molecular formula is C7H3BrClNO3. The standard InChI is InChI=1S/C7H3BrClNO3/c8-4-2-10-5(9)1-3(4)6(11)7(12)13/h1-2H,(H,12,13). The Hall–Kier alpha value is -0.940. The monoisotopic (exact) mass is 263 g/mol. The number of nitrogens with zero attached hydrogens (tertiary/aromatic N) is 1. The molecule has 0 aromatic carbocycles. The number of carbonyl (C=O) groups is 2. The number of aliphatic carboxylic acids is 1. The summed E-state index contributed by atoms with van der Waals surface area (Å²) in [5.41, 5.74) is -0.00694. The Morgan fingerprint density at radius 1 is 1.54 bits per heavy atom. The van der Waals surface area contributed by atoms with E-state index in [9.17, 15) is 9.59 Å². The average Bonchev–Trinajstić information content (AvgIpc) is 2.08. The minimum absolute atomic E-state index is 0.00694. The van der Waals surface area contributed by atoms with Crippen molar-refractivity contribution in [1.82, 2.24) is 4.98 Å². The van der Waals surface area contributed by atoms with Crippen LogP contribution in [0.5, 0.6) is 0 Å². The van der Waals surface area contributed by atoms with Crippen molar-refractivity contribution in [1.29, 1.82) is 0 Å². The largest absolute Gasteiger partial charge is 0.475 e. The SMILES string of the molecule is O=C(O)C(=O)c1cc(Cl)ncc1Br. The Morgan fingerprint density at radius 3 is 2.69 bits per heavy atom. The Morgan fingerprint density at radius 2 is 2.15 bits per heavy atom. The van der Waals surface area contributed by atoms with E-state index < -0.39 is 11.8 Å². The lowest BCUT2D eigenvalue weighted by molar-refractivity contribution is -0.131. The fourth-order valence-corrected chi connectivity index (χ4v) is 1.26. The average molecular weight is 264 g/mol. The number of hydrogen-bond acceptors (Lipinski definition) is 3. The summed E-state index contributed by atoms with van der Waals surface area (Å²) in [4.78, 5) is 25.0. The summed E-state index contributed by atoms with van der Waals surface area (Å²) in [6, 6.07) is 1.20. The molecule has 0 atom stereocenters. The van der Waals surface area contributed by atoms with Gasteiger partial charge < -0.3 is 5.11 Å². The highest BCUT2D eigenvalue weighted by atomic mass is 79.9. The first-order chi connectivity index (χ1) is 6.02. The van der Waals surface area contributed by atoms with Crippen molar-refractivity contribution in [3.63, 3.8) is 0 Å². The first-order valence-corrected chi connectivity index (χ1v) is 4.28. The highest BCUT2D eigenvalue weighted by molar-refractivity contribution is 9.10. The lowest BCUT2D eigenvalue weighted by atomic mass is 10.2. The summed E-state index contributed by atoms with van der Waals surface area (Å²) < 4.78 is 0.310. The molecule has 0 radical (unpaired) electrons. The molecule has 13 heavy (non-hydrogen) atoms. The third-order valence-electron chi connectivity index (χ3n) is 1.26. The molecule has 0 saturated heterocycles. The van der Waals surface area contributed by atoms with E-state index in [1.807, 2.05) is 0 Å². The first-order valence-electron chi connectivity index (χ1n) is 3.11. The summed E-state index contributed by atoms with van der Waals surface area (Å²) in [5, 5.41) is 8.49. The molecule has 1 rings (SSSR count).